The summed E-state index contributed by atoms with van der Waals surface area (Å²) < 4.78 is 0. The number of hydrogen-bond donors (Lipinski definition) is 1. The van der Waals surface area contributed by atoms with Crippen molar-refractivity contribution >= 4 is 0 Å². The normalized spacial score (nSPS) is 41.5. The maximum absolute atomic E-state index is 10.1. The zero-order chi connectivity index (χ0) is 9.31. The molecule has 1 heteroatoms. The van der Waals surface area contributed by atoms with Crippen molar-refractivity contribution in [3.8, 4) is 0 Å². The van der Waals surface area contributed by atoms with E-state index in [-0.39, 0.29) is 5.60 Å². The van der Waals surface area contributed by atoms with Crippen LogP contribution in [0.2, 0.25) is 0 Å². The van der Waals surface area contributed by atoms with Crippen molar-refractivity contribution in [2.75, 3.05) is 0 Å². The van der Waals surface area contributed by atoms with E-state index in [4.69, 9.17) is 0 Å². The van der Waals surface area contributed by atoms with Crippen LogP contribution < -0.4 is 0 Å². The van der Waals surface area contributed by atoms with E-state index in [1.54, 1.807) is 0 Å². The second kappa shape index (κ2) is 3.61. The average molecular weight is 182 g/mol. The summed E-state index contributed by atoms with van der Waals surface area (Å²) in [6, 6.07) is 0. The van der Waals surface area contributed by atoms with Gasteiger partial charge in [0.25, 0.3) is 0 Å². The Kier molecular flexibility index (Phi) is 2.64. The predicted molar refractivity (Wildman–Crippen MR) is 54.5 cm³/mol. The molecular weight excluding hydrogens is 160 g/mol. The Hall–Kier alpha value is -0.0400. The zero-order valence-electron chi connectivity index (χ0n) is 8.76. The van der Waals surface area contributed by atoms with Gasteiger partial charge in [0.2, 0.25) is 0 Å². The van der Waals surface area contributed by atoms with Gasteiger partial charge >= 0.3 is 0 Å². The van der Waals surface area contributed by atoms with Crippen LogP contribution in [0.25, 0.3) is 0 Å². The predicted octanol–water partition coefficient (Wildman–Crippen LogP) is 3.12. The molecule has 1 nitrogen and oxygen atoms in total. The molecule has 2 saturated carbocycles. The van der Waals surface area contributed by atoms with Crippen molar-refractivity contribution in [1.29, 1.82) is 0 Å². The zero-order valence-corrected chi connectivity index (χ0v) is 8.76. The molecule has 1 N–H and O–H groups in total. The van der Waals surface area contributed by atoms with Crippen LogP contribution >= 0.6 is 0 Å². The van der Waals surface area contributed by atoms with E-state index in [2.05, 4.69) is 6.92 Å². The Morgan fingerprint density at radius 3 is 2.31 bits per heavy atom. The maximum Gasteiger partial charge on any atom is 0.0655 e. The van der Waals surface area contributed by atoms with E-state index in [0.29, 0.717) is 0 Å². The molecule has 0 aromatic carbocycles. The van der Waals surface area contributed by atoms with Crippen molar-refractivity contribution in [1.82, 2.24) is 0 Å². The van der Waals surface area contributed by atoms with E-state index >= 15 is 0 Å². The van der Waals surface area contributed by atoms with Crippen LogP contribution in [0.3, 0.4) is 0 Å². The molecule has 0 unspecified atom stereocenters. The SMILES string of the molecule is CC1CC(O)(CC2CCCCC2)C1. The van der Waals surface area contributed by atoms with Crippen LogP contribution in [0, 0.1) is 11.8 Å². The van der Waals surface area contributed by atoms with Crippen molar-refractivity contribution in [2.45, 2.75) is 63.9 Å². The van der Waals surface area contributed by atoms with Crippen LogP contribution in [-0.2, 0) is 0 Å². The van der Waals surface area contributed by atoms with Gasteiger partial charge in [-0.25, -0.2) is 0 Å². The van der Waals surface area contributed by atoms with Gasteiger partial charge in [-0.2, -0.15) is 0 Å². The number of hydrogen-bond acceptors (Lipinski definition) is 1. The van der Waals surface area contributed by atoms with Gasteiger partial charge in [-0.05, 0) is 31.1 Å². The summed E-state index contributed by atoms with van der Waals surface area (Å²) in [5.41, 5.74) is -0.249. The summed E-state index contributed by atoms with van der Waals surface area (Å²) in [4.78, 5) is 0. The van der Waals surface area contributed by atoms with Gasteiger partial charge < -0.3 is 5.11 Å². The van der Waals surface area contributed by atoms with Gasteiger partial charge in [0, 0.05) is 0 Å². The van der Waals surface area contributed by atoms with Gasteiger partial charge in [-0.3, -0.25) is 0 Å². The molecule has 0 amide bonds. The molecule has 2 fully saturated rings. The fourth-order valence-corrected chi connectivity index (χ4v) is 3.33. The molecule has 0 heterocycles. The highest BCUT2D eigenvalue weighted by molar-refractivity contribution is 4.93. The minimum absolute atomic E-state index is 0.249. The van der Waals surface area contributed by atoms with E-state index in [9.17, 15) is 5.11 Å². The molecule has 76 valence electrons. The molecule has 0 spiro atoms. The van der Waals surface area contributed by atoms with Crippen LogP contribution in [0.5, 0.6) is 0 Å². The lowest BCUT2D eigenvalue weighted by atomic mass is 9.66. The first-order valence-electron chi connectivity index (χ1n) is 5.90. The summed E-state index contributed by atoms with van der Waals surface area (Å²) in [5, 5.41) is 10.1. The summed E-state index contributed by atoms with van der Waals surface area (Å²) >= 11 is 0. The third kappa shape index (κ3) is 2.25. The van der Waals surface area contributed by atoms with Gasteiger partial charge in [0.15, 0.2) is 0 Å². The quantitative estimate of drug-likeness (QED) is 0.695. The molecule has 0 atom stereocenters. The summed E-state index contributed by atoms with van der Waals surface area (Å²) in [5.74, 6) is 1.61. The van der Waals surface area contributed by atoms with Gasteiger partial charge in [-0.15, -0.1) is 0 Å². The van der Waals surface area contributed by atoms with Crippen molar-refractivity contribution in [3.63, 3.8) is 0 Å². The number of rotatable bonds is 2. The molecule has 2 rings (SSSR count). The minimum Gasteiger partial charge on any atom is -0.390 e. The van der Waals surface area contributed by atoms with Crippen LogP contribution in [0.1, 0.15) is 58.3 Å². The average Bonchev–Trinajstić information content (AvgIpc) is 2.03. The molecule has 0 aromatic rings. The fourth-order valence-electron chi connectivity index (χ4n) is 3.33. The molecule has 0 saturated heterocycles. The molecule has 2 aliphatic carbocycles. The first kappa shape index (κ1) is 9.51. The van der Waals surface area contributed by atoms with Crippen molar-refractivity contribution in [2.24, 2.45) is 11.8 Å². The Morgan fingerprint density at radius 2 is 1.77 bits per heavy atom. The third-order valence-corrected chi connectivity index (χ3v) is 3.85. The van der Waals surface area contributed by atoms with E-state index in [1.807, 2.05) is 0 Å². The summed E-state index contributed by atoms with van der Waals surface area (Å²) in [6.45, 7) is 2.25. The summed E-state index contributed by atoms with van der Waals surface area (Å²) in [6.07, 6.45) is 10.2. The second-order valence-corrected chi connectivity index (χ2v) is 5.45. The Labute approximate surface area is 81.5 Å². The van der Waals surface area contributed by atoms with Crippen LogP contribution in [0.4, 0.5) is 0 Å². The van der Waals surface area contributed by atoms with Crippen LogP contribution in [-0.4, -0.2) is 10.7 Å². The van der Waals surface area contributed by atoms with E-state index in [1.165, 1.54) is 32.1 Å². The molecule has 0 aromatic heterocycles. The minimum atomic E-state index is -0.249. The molecule has 0 aliphatic heterocycles. The Morgan fingerprint density at radius 1 is 1.15 bits per heavy atom. The van der Waals surface area contributed by atoms with Crippen molar-refractivity contribution in [3.05, 3.63) is 0 Å². The monoisotopic (exact) mass is 182 g/mol. The lowest BCUT2D eigenvalue weighted by Crippen LogP contribution is -2.44. The largest absolute Gasteiger partial charge is 0.390 e. The smallest absolute Gasteiger partial charge is 0.0655 e. The Bertz CT molecular complexity index is 164. The van der Waals surface area contributed by atoms with Crippen LogP contribution in [0.15, 0.2) is 0 Å². The molecule has 0 radical (unpaired) electrons. The second-order valence-electron chi connectivity index (χ2n) is 5.45. The van der Waals surface area contributed by atoms with E-state index in [0.717, 1.165) is 31.1 Å². The highest BCUT2D eigenvalue weighted by Gasteiger charge is 2.41. The van der Waals surface area contributed by atoms with Gasteiger partial charge in [0.05, 0.1) is 5.60 Å². The fraction of sp³-hybridized carbons (Fsp3) is 1.00. The first-order valence-corrected chi connectivity index (χ1v) is 5.90. The van der Waals surface area contributed by atoms with E-state index < -0.39 is 0 Å². The molecule has 13 heavy (non-hydrogen) atoms. The molecular formula is C12H22O. The standard InChI is InChI=1S/C12H22O/c1-10-7-12(13,8-10)9-11-5-3-2-4-6-11/h10-11,13H,2-9H2,1H3. The topological polar surface area (TPSA) is 20.2 Å². The van der Waals surface area contributed by atoms with Gasteiger partial charge in [0.1, 0.15) is 0 Å². The first-order chi connectivity index (χ1) is 6.18. The summed E-state index contributed by atoms with van der Waals surface area (Å²) in [7, 11) is 0. The van der Waals surface area contributed by atoms with Crippen molar-refractivity contribution < 1.29 is 5.11 Å². The number of aliphatic hydroxyl groups is 1. The van der Waals surface area contributed by atoms with Gasteiger partial charge in [-0.1, -0.05) is 39.0 Å². The third-order valence-electron chi connectivity index (χ3n) is 3.85. The Balaban J connectivity index is 1.76. The molecule has 0 bridgehead atoms. The molecule has 2 aliphatic rings. The highest BCUT2D eigenvalue weighted by atomic mass is 16.3. The lowest BCUT2D eigenvalue weighted by Gasteiger charge is -2.44. The highest BCUT2D eigenvalue weighted by Crippen LogP contribution is 2.44. The maximum atomic E-state index is 10.1. The lowest BCUT2D eigenvalue weighted by molar-refractivity contribution is -0.0868.